The zero-order chi connectivity index (χ0) is 20.2. The number of aryl methyl sites for hydroxylation is 1. The Kier molecular flexibility index (Phi) is 5.78. The number of para-hydroxylation sites is 3. The summed E-state index contributed by atoms with van der Waals surface area (Å²) >= 11 is 0. The van der Waals surface area contributed by atoms with Crippen LogP contribution in [0.5, 0.6) is 0 Å². The predicted molar refractivity (Wildman–Crippen MR) is 113 cm³/mol. The average Bonchev–Trinajstić information content (AvgIpc) is 3.05. The largest absolute Gasteiger partial charge is 0.421 e. The molecule has 29 heavy (non-hydrogen) atoms. The number of hydrogen-bond donors (Lipinski definition) is 1. The number of aromatic nitrogens is 1. The lowest BCUT2D eigenvalue weighted by atomic mass is 10.1. The van der Waals surface area contributed by atoms with Gasteiger partial charge in [-0.15, -0.1) is 0 Å². The number of benzene rings is 2. The van der Waals surface area contributed by atoms with Crippen molar-refractivity contribution >= 4 is 22.7 Å². The summed E-state index contributed by atoms with van der Waals surface area (Å²) in [5, 5.41) is 3.03. The van der Waals surface area contributed by atoms with Gasteiger partial charge in [0.15, 0.2) is 5.58 Å². The Balaban J connectivity index is 1.31. The summed E-state index contributed by atoms with van der Waals surface area (Å²) in [4.78, 5) is 29.0. The summed E-state index contributed by atoms with van der Waals surface area (Å²) in [7, 11) is 0. The molecular formula is C22H26N4O3. The Hall–Kier alpha value is -2.90. The minimum atomic E-state index is -0.331. The molecule has 1 amide bonds. The fourth-order valence-electron chi connectivity index (χ4n) is 3.78. The molecule has 1 aliphatic heterocycles. The van der Waals surface area contributed by atoms with Crippen LogP contribution in [0.3, 0.4) is 0 Å². The number of nitrogens with zero attached hydrogens (tertiary/aromatic N) is 3. The van der Waals surface area contributed by atoms with E-state index in [2.05, 4.69) is 22.0 Å². The molecule has 1 aromatic heterocycles. The molecule has 0 bridgehead atoms. The van der Waals surface area contributed by atoms with E-state index in [0.717, 1.165) is 49.4 Å². The van der Waals surface area contributed by atoms with Crippen molar-refractivity contribution in [3.05, 3.63) is 64.6 Å². The van der Waals surface area contributed by atoms with Crippen LogP contribution in [0.25, 0.3) is 11.1 Å². The van der Waals surface area contributed by atoms with Gasteiger partial charge in [0.25, 0.3) is 0 Å². The van der Waals surface area contributed by atoms with Crippen LogP contribution >= 0.6 is 0 Å². The summed E-state index contributed by atoms with van der Waals surface area (Å²) < 4.78 is 6.97. The number of fused-ring (bicyclic) bond motifs is 1. The van der Waals surface area contributed by atoms with Crippen molar-refractivity contribution in [3.8, 4) is 0 Å². The van der Waals surface area contributed by atoms with E-state index in [9.17, 15) is 9.59 Å². The molecule has 0 aliphatic carbocycles. The van der Waals surface area contributed by atoms with Crippen molar-refractivity contribution in [2.75, 3.05) is 38.0 Å². The molecule has 0 spiro atoms. The maximum Gasteiger partial charge on any atom is 0.421 e. The maximum absolute atomic E-state index is 12.5. The second-order valence-electron chi connectivity index (χ2n) is 7.36. The molecule has 1 N–H and O–H groups in total. The average molecular weight is 394 g/mol. The Morgan fingerprint density at radius 1 is 1.00 bits per heavy atom. The quantitative estimate of drug-likeness (QED) is 0.695. The van der Waals surface area contributed by atoms with Gasteiger partial charge in [0, 0.05) is 31.9 Å². The lowest BCUT2D eigenvalue weighted by Crippen LogP contribution is -2.49. The highest BCUT2D eigenvalue weighted by molar-refractivity contribution is 5.93. The van der Waals surface area contributed by atoms with E-state index >= 15 is 0 Å². The summed E-state index contributed by atoms with van der Waals surface area (Å²) in [6.45, 7) is 6.12. The van der Waals surface area contributed by atoms with Crippen LogP contribution in [0.2, 0.25) is 0 Å². The van der Waals surface area contributed by atoms with Crippen molar-refractivity contribution in [2.45, 2.75) is 20.0 Å². The summed E-state index contributed by atoms with van der Waals surface area (Å²) in [6, 6.07) is 15.4. The number of hydrogen-bond acceptors (Lipinski definition) is 5. The first-order chi connectivity index (χ1) is 14.1. The normalized spacial score (nSPS) is 15.6. The van der Waals surface area contributed by atoms with Gasteiger partial charge in [0.1, 0.15) is 0 Å². The lowest BCUT2D eigenvalue weighted by Gasteiger charge is -2.34. The molecule has 2 heterocycles. The molecule has 4 rings (SSSR count). The Bertz CT molecular complexity index is 1050. The Morgan fingerprint density at radius 3 is 2.48 bits per heavy atom. The van der Waals surface area contributed by atoms with Crippen LogP contribution in [-0.2, 0) is 17.9 Å². The van der Waals surface area contributed by atoms with E-state index in [1.54, 1.807) is 10.6 Å². The third-order valence-electron chi connectivity index (χ3n) is 5.42. The molecule has 1 fully saturated rings. The van der Waals surface area contributed by atoms with Gasteiger partial charge in [-0.1, -0.05) is 37.3 Å². The molecule has 7 nitrogen and oxygen atoms in total. The Labute approximate surface area is 169 Å². The predicted octanol–water partition coefficient (Wildman–Crippen LogP) is 2.37. The van der Waals surface area contributed by atoms with E-state index in [1.165, 1.54) is 0 Å². The zero-order valence-corrected chi connectivity index (χ0v) is 16.6. The van der Waals surface area contributed by atoms with Crippen LogP contribution < -0.4 is 11.1 Å². The van der Waals surface area contributed by atoms with E-state index in [4.69, 9.17) is 4.42 Å². The number of nitrogens with one attached hydrogen (secondary N) is 1. The number of piperazine rings is 1. The first-order valence-electron chi connectivity index (χ1n) is 10.0. The van der Waals surface area contributed by atoms with Crippen molar-refractivity contribution < 1.29 is 9.21 Å². The topological polar surface area (TPSA) is 70.7 Å². The van der Waals surface area contributed by atoms with Gasteiger partial charge in [-0.05, 0) is 30.2 Å². The molecule has 1 aliphatic rings. The third kappa shape index (κ3) is 4.41. The minimum absolute atomic E-state index is 0.0106. The second-order valence-corrected chi connectivity index (χ2v) is 7.36. The molecule has 2 aromatic carbocycles. The van der Waals surface area contributed by atoms with E-state index in [0.29, 0.717) is 18.8 Å². The van der Waals surface area contributed by atoms with Gasteiger partial charge >= 0.3 is 5.76 Å². The second kappa shape index (κ2) is 8.63. The molecule has 152 valence electrons. The minimum Gasteiger partial charge on any atom is -0.408 e. The SMILES string of the molecule is CCc1ccccc1NC(=O)CN1CCN(Cn2c(=O)oc3ccccc32)CC1. The fourth-order valence-corrected chi connectivity index (χ4v) is 3.78. The molecule has 7 heteroatoms. The van der Waals surface area contributed by atoms with Gasteiger partial charge in [-0.25, -0.2) is 4.79 Å². The zero-order valence-electron chi connectivity index (χ0n) is 16.6. The number of oxazole rings is 1. The molecule has 3 aromatic rings. The number of carbonyl (C=O) groups excluding carboxylic acids is 1. The molecule has 1 saturated heterocycles. The molecule has 0 radical (unpaired) electrons. The highest BCUT2D eigenvalue weighted by Gasteiger charge is 2.21. The Morgan fingerprint density at radius 2 is 1.69 bits per heavy atom. The molecule has 0 saturated carbocycles. The number of rotatable bonds is 6. The number of anilines is 1. The first-order valence-corrected chi connectivity index (χ1v) is 10.0. The van der Waals surface area contributed by atoms with Crippen molar-refractivity contribution in [1.82, 2.24) is 14.4 Å². The fraction of sp³-hybridized carbons (Fsp3) is 0.364. The summed E-state index contributed by atoms with van der Waals surface area (Å²) in [5.41, 5.74) is 3.46. The van der Waals surface area contributed by atoms with E-state index in [-0.39, 0.29) is 11.7 Å². The summed E-state index contributed by atoms with van der Waals surface area (Å²) in [5.74, 6) is -0.320. The molecule has 0 atom stereocenters. The molecular weight excluding hydrogens is 368 g/mol. The van der Waals surface area contributed by atoms with Crippen LogP contribution in [0.15, 0.2) is 57.7 Å². The highest BCUT2D eigenvalue weighted by atomic mass is 16.4. The third-order valence-corrected chi connectivity index (χ3v) is 5.42. The van der Waals surface area contributed by atoms with Gasteiger partial charge < -0.3 is 9.73 Å². The molecule has 0 unspecified atom stereocenters. The van der Waals surface area contributed by atoms with Crippen LogP contribution in [0.1, 0.15) is 12.5 Å². The lowest BCUT2D eigenvalue weighted by molar-refractivity contribution is -0.117. The summed E-state index contributed by atoms with van der Waals surface area (Å²) in [6.07, 6.45) is 0.886. The van der Waals surface area contributed by atoms with Gasteiger partial charge in [-0.2, -0.15) is 0 Å². The van der Waals surface area contributed by atoms with E-state index in [1.807, 2.05) is 42.5 Å². The van der Waals surface area contributed by atoms with Gasteiger partial charge in [0.05, 0.1) is 18.7 Å². The van der Waals surface area contributed by atoms with Crippen LogP contribution in [-0.4, -0.2) is 53.0 Å². The first kappa shape index (κ1) is 19.4. The van der Waals surface area contributed by atoms with Gasteiger partial charge in [0.2, 0.25) is 5.91 Å². The number of amides is 1. The highest BCUT2D eigenvalue weighted by Crippen LogP contribution is 2.16. The maximum atomic E-state index is 12.5. The van der Waals surface area contributed by atoms with Gasteiger partial charge in [-0.3, -0.25) is 19.2 Å². The standard InChI is InChI=1S/C22H26N4O3/c1-2-17-7-3-4-8-18(17)23-21(27)15-24-11-13-25(14-12-24)16-26-19-9-5-6-10-20(19)29-22(26)28/h3-10H,2,11-16H2,1H3,(H,23,27). The van der Waals surface area contributed by atoms with Crippen molar-refractivity contribution in [3.63, 3.8) is 0 Å². The smallest absolute Gasteiger partial charge is 0.408 e. The van der Waals surface area contributed by atoms with Crippen molar-refractivity contribution in [1.29, 1.82) is 0 Å². The van der Waals surface area contributed by atoms with Crippen LogP contribution in [0.4, 0.5) is 5.69 Å². The van der Waals surface area contributed by atoms with Crippen LogP contribution in [0, 0.1) is 0 Å². The monoisotopic (exact) mass is 394 g/mol. The van der Waals surface area contributed by atoms with Crippen molar-refractivity contribution in [2.24, 2.45) is 0 Å². The number of carbonyl (C=O) groups is 1. The van der Waals surface area contributed by atoms with E-state index < -0.39 is 0 Å².